The van der Waals surface area contributed by atoms with Gasteiger partial charge in [-0.05, 0) is 56.1 Å². The van der Waals surface area contributed by atoms with Gasteiger partial charge in [-0.15, -0.1) is 0 Å². The van der Waals surface area contributed by atoms with Gasteiger partial charge >= 0.3 is 7.82 Å². The number of aliphatic hydroxyl groups excluding tert-OH is 1. The second-order valence-corrected chi connectivity index (χ2v) is 11.0. The van der Waals surface area contributed by atoms with E-state index in [0.717, 1.165) is 18.4 Å². The maximum absolute atomic E-state index is 12.8. The normalized spacial score (nSPS) is 45.4. The van der Waals surface area contributed by atoms with E-state index in [1.54, 1.807) is 19.1 Å². The molecule has 0 bridgehead atoms. The standard InChI is InChI=1S/C21H29O8P/c1-19-7-5-13(22)9-12(19)3-4-14-15-6-8-21(25,17(24)11-29-30(26,27)28)20(15,2)10-16(23)18(14)19/h5,7,9,14-16,18,23,25H,3-4,6,8,10-11H2,1-2H3,(H2,26,27,28)/t14-,15-,16+,18+,19+,20+,21+/m1/s1. The van der Waals surface area contributed by atoms with E-state index in [9.17, 15) is 24.4 Å². The lowest BCUT2D eigenvalue weighted by atomic mass is 9.46. The van der Waals surface area contributed by atoms with Crippen molar-refractivity contribution in [2.75, 3.05) is 6.61 Å². The maximum Gasteiger partial charge on any atom is 0.470 e. The van der Waals surface area contributed by atoms with Crippen LogP contribution in [0.15, 0.2) is 23.8 Å². The van der Waals surface area contributed by atoms with Crippen molar-refractivity contribution >= 4 is 19.4 Å². The van der Waals surface area contributed by atoms with Crippen LogP contribution in [0.3, 0.4) is 0 Å². The van der Waals surface area contributed by atoms with Crippen molar-refractivity contribution in [3.63, 3.8) is 0 Å². The highest BCUT2D eigenvalue weighted by Crippen LogP contribution is 2.67. The van der Waals surface area contributed by atoms with Crippen LogP contribution in [0.4, 0.5) is 0 Å². The van der Waals surface area contributed by atoms with Gasteiger partial charge in [0, 0.05) is 16.7 Å². The lowest BCUT2D eigenvalue weighted by molar-refractivity contribution is -0.178. The third-order valence-electron chi connectivity index (χ3n) is 8.47. The molecule has 0 aliphatic heterocycles. The van der Waals surface area contributed by atoms with Crippen LogP contribution in [0.2, 0.25) is 0 Å². The highest BCUT2D eigenvalue weighted by Gasteiger charge is 2.68. The minimum Gasteiger partial charge on any atom is -0.393 e. The summed E-state index contributed by atoms with van der Waals surface area (Å²) in [5.41, 5.74) is -2.15. The number of aliphatic hydroxyl groups is 2. The Morgan fingerprint density at radius 3 is 2.67 bits per heavy atom. The van der Waals surface area contributed by atoms with Gasteiger partial charge in [0.25, 0.3) is 0 Å². The number of phosphoric ester groups is 1. The fourth-order valence-corrected chi connectivity index (χ4v) is 7.34. The van der Waals surface area contributed by atoms with Gasteiger partial charge < -0.3 is 20.0 Å². The van der Waals surface area contributed by atoms with Gasteiger partial charge in [-0.3, -0.25) is 14.1 Å². The maximum atomic E-state index is 12.8. The number of carbonyl (C=O) groups excluding carboxylic acids is 2. The van der Waals surface area contributed by atoms with Crippen LogP contribution in [0, 0.1) is 28.6 Å². The molecule has 0 unspecified atom stereocenters. The number of carbonyl (C=O) groups is 2. The van der Waals surface area contributed by atoms with E-state index in [1.807, 2.05) is 13.0 Å². The van der Waals surface area contributed by atoms with Crippen molar-refractivity contribution in [3.8, 4) is 0 Å². The zero-order chi connectivity index (χ0) is 22.1. The van der Waals surface area contributed by atoms with Crippen LogP contribution in [-0.4, -0.2) is 49.9 Å². The highest BCUT2D eigenvalue weighted by molar-refractivity contribution is 7.46. The number of ketones is 2. The monoisotopic (exact) mass is 440 g/mol. The van der Waals surface area contributed by atoms with Gasteiger partial charge in [0.1, 0.15) is 12.2 Å². The zero-order valence-electron chi connectivity index (χ0n) is 17.2. The predicted molar refractivity (Wildman–Crippen MR) is 106 cm³/mol. The summed E-state index contributed by atoms with van der Waals surface area (Å²) < 4.78 is 15.4. The highest BCUT2D eigenvalue weighted by atomic mass is 31.2. The van der Waals surface area contributed by atoms with Crippen molar-refractivity contribution in [2.24, 2.45) is 28.6 Å². The molecule has 166 valence electrons. The van der Waals surface area contributed by atoms with Crippen molar-refractivity contribution in [1.29, 1.82) is 0 Å². The molecule has 0 aromatic rings. The summed E-state index contributed by atoms with van der Waals surface area (Å²) in [6, 6.07) is 0. The first-order chi connectivity index (χ1) is 13.8. The first-order valence-corrected chi connectivity index (χ1v) is 11.9. The Kier molecular flexibility index (Phi) is 5.09. The topological polar surface area (TPSA) is 141 Å². The lowest BCUT2D eigenvalue weighted by Crippen LogP contribution is -2.61. The molecule has 4 aliphatic rings. The van der Waals surface area contributed by atoms with Crippen molar-refractivity contribution in [2.45, 2.75) is 57.7 Å². The van der Waals surface area contributed by atoms with Crippen molar-refractivity contribution < 1.29 is 38.7 Å². The van der Waals surface area contributed by atoms with Gasteiger partial charge in [-0.1, -0.05) is 25.5 Å². The predicted octanol–water partition coefficient (Wildman–Crippen LogP) is 1.67. The zero-order valence-corrected chi connectivity index (χ0v) is 18.0. The molecule has 8 nitrogen and oxygen atoms in total. The SMILES string of the molecule is C[C@]12C=CC(=O)C=C1CC[C@H]1[C@H]2[C@@H](O)C[C@@]2(C)[C@@H]1CC[C@]2(O)C(=O)COP(=O)(O)O. The Balaban J connectivity index is 1.65. The van der Waals surface area contributed by atoms with Gasteiger partial charge in [-0.25, -0.2) is 4.57 Å². The van der Waals surface area contributed by atoms with Crippen molar-refractivity contribution in [3.05, 3.63) is 23.8 Å². The second-order valence-electron chi connectivity index (χ2n) is 9.80. The van der Waals surface area contributed by atoms with Crippen LogP contribution in [0.25, 0.3) is 0 Å². The number of fused-ring (bicyclic) bond motifs is 5. The fraction of sp³-hybridized carbons (Fsp3) is 0.714. The number of rotatable bonds is 4. The first-order valence-electron chi connectivity index (χ1n) is 10.4. The number of phosphoric acid groups is 1. The average Bonchev–Trinajstić information content (AvgIpc) is 2.91. The van der Waals surface area contributed by atoms with Gasteiger partial charge in [0.2, 0.25) is 0 Å². The fourth-order valence-electron chi connectivity index (χ4n) is 7.05. The third-order valence-corrected chi connectivity index (χ3v) is 8.94. The summed E-state index contributed by atoms with van der Waals surface area (Å²) in [6.07, 6.45) is 6.76. The molecule has 0 aromatic heterocycles. The van der Waals surface area contributed by atoms with E-state index in [2.05, 4.69) is 4.52 Å². The lowest BCUT2D eigenvalue weighted by Gasteiger charge is -2.59. The van der Waals surface area contributed by atoms with E-state index >= 15 is 0 Å². The molecule has 7 atom stereocenters. The molecule has 0 amide bonds. The van der Waals surface area contributed by atoms with Gasteiger partial charge in [0.15, 0.2) is 11.6 Å². The number of hydrogen-bond acceptors (Lipinski definition) is 6. The minimum absolute atomic E-state index is 0.0284. The summed E-state index contributed by atoms with van der Waals surface area (Å²) in [6.45, 7) is 2.97. The minimum atomic E-state index is -4.84. The smallest absolute Gasteiger partial charge is 0.393 e. The molecule has 0 heterocycles. The van der Waals surface area contributed by atoms with E-state index in [4.69, 9.17) is 9.79 Å². The van der Waals surface area contributed by atoms with Crippen LogP contribution in [0.1, 0.15) is 46.0 Å². The molecule has 0 saturated heterocycles. The summed E-state index contributed by atoms with van der Waals surface area (Å²) >= 11 is 0. The van der Waals surface area contributed by atoms with Crippen LogP contribution < -0.4 is 0 Å². The van der Waals surface area contributed by atoms with E-state index in [-0.39, 0.29) is 36.4 Å². The molecular formula is C21H29O8P. The molecule has 30 heavy (non-hydrogen) atoms. The Hall–Kier alpha value is -1.15. The molecule has 4 rings (SSSR count). The summed E-state index contributed by atoms with van der Waals surface area (Å²) in [7, 11) is -4.84. The summed E-state index contributed by atoms with van der Waals surface area (Å²) in [5.74, 6) is -0.888. The van der Waals surface area contributed by atoms with E-state index in [1.165, 1.54) is 0 Å². The summed E-state index contributed by atoms with van der Waals surface area (Å²) in [5, 5.41) is 22.6. The van der Waals surface area contributed by atoms with E-state index < -0.39 is 42.7 Å². The Morgan fingerprint density at radius 1 is 1.30 bits per heavy atom. The van der Waals surface area contributed by atoms with Gasteiger partial charge in [-0.2, -0.15) is 0 Å². The molecule has 0 radical (unpaired) electrons. The quantitative estimate of drug-likeness (QED) is 0.484. The second kappa shape index (κ2) is 6.92. The summed E-state index contributed by atoms with van der Waals surface area (Å²) in [4.78, 5) is 42.5. The third kappa shape index (κ3) is 3.12. The van der Waals surface area contributed by atoms with Crippen LogP contribution in [-0.2, 0) is 18.7 Å². The molecular weight excluding hydrogens is 411 g/mol. The Morgan fingerprint density at radius 2 is 2.00 bits per heavy atom. The Bertz CT molecular complexity index is 889. The molecule has 0 aromatic carbocycles. The van der Waals surface area contributed by atoms with E-state index in [0.29, 0.717) is 6.42 Å². The molecule has 0 spiro atoms. The Labute approximate surface area is 175 Å². The van der Waals surface area contributed by atoms with Gasteiger partial charge in [0.05, 0.1) is 6.10 Å². The number of allylic oxidation sites excluding steroid dienone is 4. The molecule has 9 heteroatoms. The number of hydrogen-bond donors (Lipinski definition) is 4. The van der Waals surface area contributed by atoms with Crippen molar-refractivity contribution in [1.82, 2.24) is 0 Å². The first kappa shape index (κ1) is 22.1. The average molecular weight is 440 g/mol. The molecule has 3 fully saturated rings. The van der Waals surface area contributed by atoms with Crippen LogP contribution >= 0.6 is 7.82 Å². The molecule has 4 aliphatic carbocycles. The molecule has 3 saturated carbocycles. The largest absolute Gasteiger partial charge is 0.470 e. The van der Waals surface area contributed by atoms with Crippen LogP contribution in [0.5, 0.6) is 0 Å². The molecule has 4 N–H and O–H groups in total. The number of Topliss-reactive ketones (excluding diaryl/α,β-unsaturated/α-hetero) is 1.